The first kappa shape index (κ1) is 18.0. The minimum atomic E-state index is -1.78. The van der Waals surface area contributed by atoms with Crippen molar-refractivity contribution in [1.82, 2.24) is 0 Å². The lowest BCUT2D eigenvalue weighted by molar-refractivity contribution is 0.264. The summed E-state index contributed by atoms with van der Waals surface area (Å²) >= 11 is 0. The van der Waals surface area contributed by atoms with Gasteiger partial charge in [-0.2, -0.15) is 4.40 Å². The molecule has 0 heterocycles. The topological polar surface area (TPSA) is 38.7 Å². The summed E-state index contributed by atoms with van der Waals surface area (Å²) in [5, 5.41) is 0.179. The highest BCUT2D eigenvalue weighted by Gasteiger charge is 2.38. The summed E-state index contributed by atoms with van der Waals surface area (Å²) in [5.74, 6) is 0. The summed E-state index contributed by atoms with van der Waals surface area (Å²) in [6, 6.07) is 0. The Balaban J connectivity index is 4.59. The summed E-state index contributed by atoms with van der Waals surface area (Å²) in [4.78, 5) is 0. The van der Waals surface area contributed by atoms with E-state index in [1.54, 1.807) is 6.21 Å². The summed E-state index contributed by atoms with van der Waals surface area (Å²) < 4.78 is 21.7. The van der Waals surface area contributed by atoms with E-state index >= 15 is 0 Å². The molecule has 0 aromatic carbocycles. The molecule has 3 nitrogen and oxygen atoms in total. The standard InChI is InChI=1S/C13H29NO2SSi/c1-11(10-14-17(15)12(2,3)4)16-18(8,9)13(5,6)7/h10-11H,1-9H3/b14-10+/t11-,17+/m0/s1. The molecule has 0 amide bonds. The molecular formula is C13H29NO2SSi. The summed E-state index contributed by atoms with van der Waals surface area (Å²) in [5.41, 5.74) is 0. The molecule has 108 valence electrons. The van der Waals surface area contributed by atoms with Crippen LogP contribution in [0.1, 0.15) is 48.5 Å². The monoisotopic (exact) mass is 291 g/mol. The van der Waals surface area contributed by atoms with Gasteiger partial charge in [0.15, 0.2) is 8.32 Å². The Bertz CT molecular complexity index is 327. The normalized spacial score (nSPS) is 18.1. The Morgan fingerprint density at radius 1 is 1.17 bits per heavy atom. The highest BCUT2D eigenvalue weighted by Crippen LogP contribution is 2.37. The Kier molecular flexibility index (Phi) is 5.97. The third-order valence-corrected chi connectivity index (χ3v) is 9.11. The molecule has 0 saturated carbocycles. The van der Waals surface area contributed by atoms with E-state index in [-0.39, 0.29) is 15.9 Å². The summed E-state index contributed by atoms with van der Waals surface area (Å²) in [6.07, 6.45) is 1.60. The Morgan fingerprint density at radius 2 is 1.61 bits per heavy atom. The average molecular weight is 292 g/mol. The van der Waals surface area contributed by atoms with Crippen molar-refractivity contribution >= 4 is 25.5 Å². The molecule has 0 saturated heterocycles. The molecule has 0 aliphatic rings. The van der Waals surface area contributed by atoms with E-state index in [0.717, 1.165) is 0 Å². The van der Waals surface area contributed by atoms with E-state index in [4.69, 9.17) is 4.43 Å². The zero-order valence-electron chi connectivity index (χ0n) is 13.3. The molecule has 18 heavy (non-hydrogen) atoms. The minimum absolute atomic E-state index is 0.0859. The average Bonchev–Trinajstić information content (AvgIpc) is 2.09. The van der Waals surface area contributed by atoms with Crippen molar-refractivity contribution in [3.8, 4) is 0 Å². The molecule has 2 atom stereocenters. The molecule has 0 aromatic rings. The van der Waals surface area contributed by atoms with E-state index in [1.807, 2.05) is 27.7 Å². The fourth-order valence-corrected chi connectivity index (χ4v) is 2.91. The second-order valence-electron chi connectivity index (χ2n) is 7.20. The van der Waals surface area contributed by atoms with Crippen LogP contribution in [0.4, 0.5) is 0 Å². The van der Waals surface area contributed by atoms with Crippen LogP contribution in [0.3, 0.4) is 0 Å². The van der Waals surface area contributed by atoms with Crippen LogP contribution < -0.4 is 0 Å². The highest BCUT2D eigenvalue weighted by atomic mass is 32.2. The highest BCUT2D eigenvalue weighted by molar-refractivity contribution is 7.85. The molecule has 0 N–H and O–H groups in total. The van der Waals surface area contributed by atoms with E-state index in [9.17, 15) is 4.21 Å². The second kappa shape index (κ2) is 5.97. The maximum Gasteiger partial charge on any atom is 0.192 e. The third kappa shape index (κ3) is 5.76. The van der Waals surface area contributed by atoms with Gasteiger partial charge in [-0.25, -0.2) is 4.21 Å². The van der Waals surface area contributed by atoms with Gasteiger partial charge in [-0.15, -0.1) is 0 Å². The fourth-order valence-electron chi connectivity index (χ4n) is 0.971. The van der Waals surface area contributed by atoms with Crippen LogP contribution in [0.25, 0.3) is 0 Å². The third-order valence-electron chi connectivity index (χ3n) is 3.18. The van der Waals surface area contributed by atoms with Gasteiger partial charge in [0, 0.05) is 6.21 Å². The number of hydrogen-bond acceptors (Lipinski definition) is 2. The van der Waals surface area contributed by atoms with E-state index in [1.165, 1.54) is 0 Å². The van der Waals surface area contributed by atoms with Crippen molar-refractivity contribution in [2.75, 3.05) is 0 Å². The molecule has 0 aromatic heterocycles. The van der Waals surface area contributed by atoms with Crippen LogP contribution >= 0.6 is 0 Å². The van der Waals surface area contributed by atoms with Gasteiger partial charge in [0.1, 0.15) is 11.0 Å². The molecule has 0 spiro atoms. The molecule has 0 radical (unpaired) electrons. The van der Waals surface area contributed by atoms with Gasteiger partial charge in [-0.05, 0) is 45.8 Å². The van der Waals surface area contributed by atoms with Crippen molar-refractivity contribution in [2.24, 2.45) is 4.40 Å². The molecular weight excluding hydrogens is 262 g/mol. The first-order valence-corrected chi connectivity index (χ1v) is 10.4. The van der Waals surface area contributed by atoms with Crippen LogP contribution in [0.2, 0.25) is 18.1 Å². The van der Waals surface area contributed by atoms with Gasteiger partial charge in [0.05, 0.1) is 10.9 Å². The second-order valence-corrected chi connectivity index (χ2v) is 13.9. The van der Waals surface area contributed by atoms with Crippen LogP contribution in [0, 0.1) is 0 Å². The maximum absolute atomic E-state index is 11.8. The lowest BCUT2D eigenvalue weighted by Gasteiger charge is -2.37. The number of nitrogens with zero attached hydrogens (tertiary/aromatic N) is 1. The van der Waals surface area contributed by atoms with Crippen molar-refractivity contribution < 1.29 is 8.63 Å². The first-order valence-electron chi connectivity index (χ1n) is 6.41. The summed E-state index contributed by atoms with van der Waals surface area (Å²) in [6.45, 7) is 18.7. The smallest absolute Gasteiger partial charge is 0.192 e. The van der Waals surface area contributed by atoms with Gasteiger partial charge >= 0.3 is 0 Å². The Hall–Kier alpha value is -0.00312. The molecule has 0 bridgehead atoms. The molecule has 5 heteroatoms. The molecule has 0 fully saturated rings. The molecule has 0 aliphatic heterocycles. The Labute approximate surface area is 116 Å². The van der Waals surface area contributed by atoms with Crippen LogP contribution in [-0.4, -0.2) is 29.6 Å². The van der Waals surface area contributed by atoms with Gasteiger partial charge in [-0.1, -0.05) is 20.8 Å². The predicted molar refractivity (Wildman–Crippen MR) is 84.1 cm³/mol. The zero-order valence-corrected chi connectivity index (χ0v) is 15.1. The Morgan fingerprint density at radius 3 is 1.94 bits per heavy atom. The van der Waals surface area contributed by atoms with Crippen molar-refractivity contribution in [3.05, 3.63) is 0 Å². The molecule has 0 unspecified atom stereocenters. The van der Waals surface area contributed by atoms with Crippen LogP contribution in [-0.2, 0) is 15.4 Å². The largest absolute Gasteiger partial charge is 0.409 e. The summed E-state index contributed by atoms with van der Waals surface area (Å²) in [7, 11) is -2.98. The quantitative estimate of drug-likeness (QED) is 0.581. The SMILES string of the molecule is C[C@@H](/C=N/[S@](=O)C(C)(C)C)O[Si](C)(C)C(C)(C)C. The van der Waals surface area contributed by atoms with Crippen LogP contribution in [0.5, 0.6) is 0 Å². The van der Waals surface area contributed by atoms with Gasteiger partial charge in [-0.3, -0.25) is 0 Å². The number of rotatable bonds is 4. The van der Waals surface area contributed by atoms with E-state index in [2.05, 4.69) is 38.3 Å². The minimum Gasteiger partial charge on any atom is -0.409 e. The fraction of sp³-hybridized carbons (Fsp3) is 0.923. The lowest BCUT2D eigenvalue weighted by Crippen LogP contribution is -2.43. The van der Waals surface area contributed by atoms with Gasteiger partial charge in [0.2, 0.25) is 0 Å². The van der Waals surface area contributed by atoms with Crippen molar-refractivity contribution in [1.29, 1.82) is 0 Å². The maximum atomic E-state index is 11.8. The van der Waals surface area contributed by atoms with Gasteiger partial charge < -0.3 is 4.43 Å². The van der Waals surface area contributed by atoms with Crippen LogP contribution in [0.15, 0.2) is 4.40 Å². The molecule has 0 rings (SSSR count). The van der Waals surface area contributed by atoms with Gasteiger partial charge in [0.25, 0.3) is 0 Å². The van der Waals surface area contributed by atoms with E-state index < -0.39 is 19.3 Å². The predicted octanol–water partition coefficient (Wildman–Crippen LogP) is 3.93. The van der Waals surface area contributed by atoms with Crippen molar-refractivity contribution in [2.45, 2.75) is 77.4 Å². The van der Waals surface area contributed by atoms with E-state index in [0.29, 0.717) is 0 Å². The lowest BCUT2D eigenvalue weighted by atomic mass is 10.2. The van der Waals surface area contributed by atoms with Crippen molar-refractivity contribution in [3.63, 3.8) is 0 Å². The number of hydrogen-bond donors (Lipinski definition) is 0. The first-order chi connectivity index (χ1) is 7.77. The molecule has 0 aliphatic carbocycles. The zero-order chi connectivity index (χ0) is 14.8.